The van der Waals surface area contributed by atoms with Crippen LogP contribution in [0.4, 0.5) is 11.6 Å². The molecular formula is C72H94N12O22P2. The van der Waals surface area contributed by atoms with Crippen molar-refractivity contribution in [2.75, 3.05) is 51.1 Å². The van der Waals surface area contributed by atoms with Crippen molar-refractivity contribution in [3.63, 3.8) is 0 Å². The average Bonchev–Trinajstić information content (AvgIpc) is 1.59. The first-order valence-corrected chi connectivity index (χ1v) is 38.1. The maximum Gasteiger partial charge on any atom is 0.459 e. The number of hydrogen-bond donors (Lipinski definition) is 4. The molecule has 4 aliphatic heterocycles. The second kappa shape index (κ2) is 33.8. The van der Waals surface area contributed by atoms with Crippen molar-refractivity contribution in [2.24, 2.45) is 21.7 Å². The molecule has 10 rings (SSSR count). The Kier molecular flexibility index (Phi) is 25.9. The third-order valence-electron chi connectivity index (χ3n) is 17.3. The second-order valence-electron chi connectivity index (χ2n) is 30.4. The Hall–Kier alpha value is -9.18. The zero-order chi connectivity index (χ0) is 79.0. The van der Waals surface area contributed by atoms with Gasteiger partial charge < -0.3 is 67.9 Å². The zero-order valence-electron chi connectivity index (χ0n) is 62.7. The minimum absolute atomic E-state index is 0.110. The normalized spacial score (nSPS) is 23.9. The Morgan fingerprint density at radius 2 is 0.843 bits per heavy atom. The smallest absolute Gasteiger partial charge is 0.459 e. The lowest BCUT2D eigenvalue weighted by atomic mass is 9.92. The van der Waals surface area contributed by atoms with Crippen LogP contribution in [-0.4, -0.2) is 165 Å². The van der Waals surface area contributed by atoms with E-state index in [1.807, 2.05) is 0 Å². The van der Waals surface area contributed by atoms with Gasteiger partial charge in [0.2, 0.25) is 11.2 Å². The van der Waals surface area contributed by atoms with Gasteiger partial charge in [-0.3, -0.25) is 37.8 Å². The van der Waals surface area contributed by atoms with Crippen molar-refractivity contribution in [3.8, 4) is 23.6 Å². The number of carbonyl (C=O) groups excluding carboxylic acids is 6. The van der Waals surface area contributed by atoms with Gasteiger partial charge in [-0.25, -0.2) is 28.1 Å². The number of hydrogen-bond acceptors (Lipinski definition) is 30. The molecule has 584 valence electrons. The highest BCUT2D eigenvalue weighted by Crippen LogP contribution is 2.53. The molecule has 0 amide bonds. The molecule has 0 spiro atoms. The van der Waals surface area contributed by atoms with Gasteiger partial charge >= 0.3 is 51.3 Å². The molecule has 0 aliphatic carbocycles. The first kappa shape index (κ1) is 82.9. The third kappa shape index (κ3) is 20.0. The molecule has 4 fully saturated rings. The van der Waals surface area contributed by atoms with Gasteiger partial charge in [0.25, 0.3) is 0 Å². The number of rotatable bonds is 24. The van der Waals surface area contributed by atoms with Gasteiger partial charge in [0.05, 0.1) is 59.5 Å². The summed E-state index contributed by atoms with van der Waals surface area (Å²) in [5.74, 6) is -3.85. The van der Waals surface area contributed by atoms with E-state index in [9.17, 15) is 48.4 Å². The fourth-order valence-corrected chi connectivity index (χ4v) is 14.2. The van der Waals surface area contributed by atoms with Gasteiger partial charge in [-0.2, -0.15) is 30.9 Å². The van der Waals surface area contributed by atoms with E-state index in [2.05, 4.69) is 42.5 Å². The van der Waals surface area contributed by atoms with Crippen LogP contribution >= 0.6 is 15.5 Å². The van der Waals surface area contributed by atoms with Crippen LogP contribution in [-0.2, 0) is 94.3 Å². The Morgan fingerprint density at radius 3 is 1.16 bits per heavy atom. The largest absolute Gasteiger partial charge is 0.461 e. The molecule has 0 bridgehead atoms. The number of aromatic nitrogens is 6. The van der Waals surface area contributed by atoms with E-state index < -0.39 is 158 Å². The molecule has 4 saturated heterocycles. The molecule has 2 aromatic carbocycles. The predicted octanol–water partition coefficient (Wildman–Crippen LogP) is 8.93. The monoisotopic (exact) mass is 1540 g/mol. The van der Waals surface area contributed by atoms with Crippen molar-refractivity contribution in [1.82, 2.24) is 39.4 Å². The maximum atomic E-state index is 14.6. The van der Waals surface area contributed by atoms with E-state index >= 15 is 0 Å². The first-order valence-electron chi connectivity index (χ1n) is 35.0. The molecule has 6 aromatic rings. The summed E-state index contributed by atoms with van der Waals surface area (Å²) in [7, 11) is -9.21. The molecule has 0 radical (unpaired) electrons. The molecule has 4 aromatic heterocycles. The van der Waals surface area contributed by atoms with Crippen LogP contribution in [0.2, 0.25) is 0 Å². The number of fused-ring (bicyclic) bond motifs is 2. The molecule has 8 heterocycles. The van der Waals surface area contributed by atoms with Gasteiger partial charge in [0.15, 0.2) is 36.1 Å². The lowest BCUT2D eigenvalue weighted by Crippen LogP contribution is -2.51. The van der Waals surface area contributed by atoms with Crippen LogP contribution in [0.5, 0.6) is 11.5 Å². The lowest BCUT2D eigenvalue weighted by molar-refractivity contribution is -0.179. The van der Waals surface area contributed by atoms with Gasteiger partial charge in [-0.05, 0) is 145 Å². The number of benzene rings is 2. The molecule has 4 aliphatic rings. The first-order chi connectivity index (χ1) is 50.7. The highest BCUT2D eigenvalue weighted by Gasteiger charge is 2.65. The van der Waals surface area contributed by atoms with Crippen LogP contribution in [0.1, 0.15) is 146 Å². The third-order valence-corrected chi connectivity index (χ3v) is 20.6. The van der Waals surface area contributed by atoms with Gasteiger partial charge in [0, 0.05) is 25.7 Å². The van der Waals surface area contributed by atoms with E-state index in [0.29, 0.717) is 63.1 Å². The summed E-state index contributed by atoms with van der Waals surface area (Å²) >= 11 is 0. The minimum atomic E-state index is -4.60. The Morgan fingerprint density at radius 1 is 0.519 bits per heavy atom. The summed E-state index contributed by atoms with van der Waals surface area (Å²) in [5, 5.41) is 35.7. The van der Waals surface area contributed by atoms with Crippen molar-refractivity contribution in [3.05, 3.63) is 109 Å². The van der Waals surface area contributed by atoms with Crippen LogP contribution in [0.25, 0.3) is 11.0 Å². The number of ether oxygens (including phenoxy) is 10. The van der Waals surface area contributed by atoms with Crippen LogP contribution in [0, 0.1) is 44.3 Å². The number of nitriles is 2. The highest BCUT2D eigenvalue weighted by atomic mass is 31.2. The van der Waals surface area contributed by atoms with Gasteiger partial charge in [0.1, 0.15) is 97.0 Å². The number of nitrogens with two attached hydrogens (primary N) is 2. The summed E-state index contributed by atoms with van der Waals surface area (Å²) in [6.45, 7) is 22.3. The average molecular weight is 1540 g/mol. The fraction of sp³-hybridized carbons (Fsp3) is 0.556. The Balaban J connectivity index is 0.000000249. The van der Waals surface area contributed by atoms with E-state index in [1.165, 1.54) is 59.8 Å². The number of nitrogens with one attached hydrogen (secondary N) is 2. The quantitative estimate of drug-likeness (QED) is 0.0249. The van der Waals surface area contributed by atoms with Crippen molar-refractivity contribution < 1.29 is 103 Å². The number of carbonyl (C=O) groups is 6. The predicted molar refractivity (Wildman–Crippen MR) is 383 cm³/mol. The van der Waals surface area contributed by atoms with Crippen LogP contribution in [0.15, 0.2) is 97.6 Å². The second-order valence-corrected chi connectivity index (χ2v) is 33.8. The number of esters is 6. The Bertz CT molecular complexity index is 4110. The maximum absolute atomic E-state index is 14.6. The number of nitrogen functional groups attached to an aromatic ring is 2. The van der Waals surface area contributed by atoms with Crippen LogP contribution in [0.3, 0.4) is 0 Å². The molecule has 0 saturated carbocycles. The standard InChI is InChI=1S/2C36H47N6O11P/c2*1-22(31(43)49-23-15-17-47-18-16-23)41-54(46,53-24-11-9-8-10-12-24)48-20-36(19-37)29(51-33(45)35(5,6)7)28(50-32(44)34(2,3)4)27(52-36)25-13-14-26-30(38)39-21-40-42(25)26/h2*8-14,21-23,27-29H,15-18,20H2,1-7H3,(H,41,46)(H2,38,39,40)/t22-,27-,28-,29-,36+,54+;22-,27-,28-,29-,36+,54-/m00/s1. The molecule has 36 heteroatoms. The minimum Gasteiger partial charge on any atom is -0.461 e. The van der Waals surface area contributed by atoms with Crippen molar-refractivity contribution in [1.29, 1.82) is 10.5 Å². The fourth-order valence-electron chi connectivity index (χ4n) is 11.1. The topological polar surface area (TPSA) is 450 Å². The van der Waals surface area contributed by atoms with E-state index in [0.717, 1.165) is 0 Å². The van der Waals surface area contributed by atoms with Crippen LogP contribution < -0.4 is 30.7 Å². The molecule has 108 heavy (non-hydrogen) atoms. The Labute approximate surface area is 624 Å². The van der Waals surface area contributed by atoms with E-state index in [1.54, 1.807) is 144 Å². The SMILES string of the molecule is C[C@H](N[P@@](=O)(OC[C@@]1(C#N)O[C@@H](c2ccc3c(N)ncnn23)[C@H](OC(=O)C(C)(C)C)[C@@H]1OC(=O)C(C)(C)C)Oc1ccccc1)C(=O)OC1CCOCC1.C[C@H](N[P@](=O)(OC[C@@]1(C#N)O[C@@H](c2ccc3c(N)ncnn23)[C@H](OC(=O)C(C)(C)C)[C@@H]1OC(=O)C(C)(C)C)Oc1ccccc1)C(=O)OC1CCOCC1. The molecular weight excluding hydrogens is 1450 g/mol. The van der Waals surface area contributed by atoms with E-state index in [-0.39, 0.29) is 34.5 Å². The van der Waals surface area contributed by atoms with Crippen molar-refractivity contribution >= 4 is 74.0 Å². The summed E-state index contributed by atoms with van der Waals surface area (Å²) in [5.41, 5.74) is 4.69. The summed E-state index contributed by atoms with van der Waals surface area (Å²) in [6.07, 6.45) is -5.22. The summed E-state index contributed by atoms with van der Waals surface area (Å²) in [6, 6.07) is 24.1. The van der Waals surface area contributed by atoms with E-state index in [4.69, 9.17) is 76.9 Å². The number of anilines is 2. The molecule has 0 unspecified atom stereocenters. The molecule has 12 atom stereocenters. The lowest BCUT2D eigenvalue weighted by Gasteiger charge is -2.32. The van der Waals surface area contributed by atoms with Gasteiger partial charge in [-0.15, -0.1) is 0 Å². The number of nitrogens with zero attached hydrogens (tertiary/aromatic N) is 8. The summed E-state index contributed by atoms with van der Waals surface area (Å²) in [4.78, 5) is 88.5. The summed E-state index contributed by atoms with van der Waals surface area (Å²) < 4.78 is 115. The number of para-hydroxylation sites is 2. The van der Waals surface area contributed by atoms with Crippen molar-refractivity contribution in [2.45, 2.75) is 195 Å². The highest BCUT2D eigenvalue weighted by molar-refractivity contribution is 7.52. The zero-order valence-corrected chi connectivity index (χ0v) is 64.5. The van der Waals surface area contributed by atoms with Gasteiger partial charge in [-0.1, -0.05) is 36.4 Å². The molecule has 34 nitrogen and oxygen atoms in total. The molecule has 6 N–H and O–H groups in total.